The van der Waals surface area contributed by atoms with Crippen LogP contribution in [0.15, 0.2) is 48.5 Å². The van der Waals surface area contributed by atoms with E-state index in [4.69, 9.17) is 4.74 Å². The lowest BCUT2D eigenvalue weighted by molar-refractivity contribution is -0.137. The molecule has 0 unspecified atom stereocenters. The minimum absolute atomic E-state index is 0.148. The van der Waals surface area contributed by atoms with Gasteiger partial charge >= 0.3 is 12.3 Å². The maximum absolute atomic E-state index is 13.4. The third-order valence-electron chi connectivity index (χ3n) is 3.51. The molecule has 0 saturated heterocycles. The van der Waals surface area contributed by atoms with Gasteiger partial charge in [0.1, 0.15) is 5.60 Å². The van der Waals surface area contributed by atoms with Crippen LogP contribution in [0.2, 0.25) is 0 Å². The summed E-state index contributed by atoms with van der Waals surface area (Å²) in [6, 6.07) is 11.4. The summed E-state index contributed by atoms with van der Waals surface area (Å²) in [5.41, 5.74) is -1.61. The Kier molecular flexibility index (Phi) is 6.33. The van der Waals surface area contributed by atoms with Crippen LogP contribution in [0.1, 0.15) is 42.3 Å². The summed E-state index contributed by atoms with van der Waals surface area (Å²) >= 11 is 0. The summed E-state index contributed by atoms with van der Waals surface area (Å²) in [5.74, 6) is -0.647. The van der Waals surface area contributed by atoms with Crippen LogP contribution in [-0.2, 0) is 17.5 Å². The molecule has 2 N–H and O–H groups in total. The van der Waals surface area contributed by atoms with Crippen molar-refractivity contribution < 1.29 is 27.5 Å². The van der Waals surface area contributed by atoms with Crippen LogP contribution < -0.4 is 10.6 Å². The molecule has 28 heavy (non-hydrogen) atoms. The predicted molar refractivity (Wildman–Crippen MR) is 98.9 cm³/mol. The first-order valence-corrected chi connectivity index (χ1v) is 8.49. The Balaban J connectivity index is 2.17. The monoisotopic (exact) mass is 394 g/mol. The van der Waals surface area contributed by atoms with Gasteiger partial charge in [-0.25, -0.2) is 4.79 Å². The van der Waals surface area contributed by atoms with Crippen LogP contribution in [0.3, 0.4) is 0 Å². The number of rotatable bonds is 4. The number of ether oxygens (including phenoxy) is 1. The molecule has 2 amide bonds. The molecule has 0 aliphatic rings. The molecular weight excluding hydrogens is 373 g/mol. The minimum Gasteiger partial charge on any atom is -0.444 e. The highest BCUT2D eigenvalue weighted by Gasteiger charge is 2.34. The Bertz CT molecular complexity index is 844. The second-order valence-corrected chi connectivity index (χ2v) is 7.05. The second kappa shape index (κ2) is 8.33. The van der Waals surface area contributed by atoms with Gasteiger partial charge in [0.15, 0.2) is 0 Å². The Hall–Kier alpha value is -3.03. The molecule has 0 bridgehead atoms. The third kappa shape index (κ3) is 6.29. The molecule has 0 spiro atoms. The summed E-state index contributed by atoms with van der Waals surface area (Å²) < 4.78 is 45.4. The number of benzene rings is 2. The Labute approximate surface area is 160 Å². The summed E-state index contributed by atoms with van der Waals surface area (Å²) in [4.78, 5) is 23.8. The van der Waals surface area contributed by atoms with Crippen molar-refractivity contribution in [3.63, 3.8) is 0 Å². The van der Waals surface area contributed by atoms with E-state index in [9.17, 15) is 22.8 Å². The van der Waals surface area contributed by atoms with E-state index in [1.807, 2.05) is 0 Å². The molecule has 0 radical (unpaired) electrons. The van der Waals surface area contributed by atoms with E-state index in [0.29, 0.717) is 0 Å². The number of halogens is 3. The Morgan fingerprint density at radius 3 is 2.21 bits per heavy atom. The lowest BCUT2D eigenvalue weighted by Crippen LogP contribution is -2.32. The van der Waals surface area contributed by atoms with Gasteiger partial charge in [-0.05, 0) is 50.6 Å². The van der Waals surface area contributed by atoms with Crippen LogP contribution in [-0.4, -0.2) is 17.6 Å². The SMILES string of the molecule is CC(C)(C)OC(=O)NCc1ccc(NC(=O)c2ccccc2)c(C(F)(F)F)c1. The number of nitrogens with one attached hydrogen (secondary N) is 2. The number of hydrogen-bond donors (Lipinski definition) is 2. The Morgan fingerprint density at radius 2 is 1.64 bits per heavy atom. The van der Waals surface area contributed by atoms with E-state index < -0.39 is 29.3 Å². The van der Waals surface area contributed by atoms with E-state index in [-0.39, 0.29) is 23.4 Å². The highest BCUT2D eigenvalue weighted by Crippen LogP contribution is 2.35. The van der Waals surface area contributed by atoms with Gasteiger partial charge in [-0.1, -0.05) is 24.3 Å². The number of hydrogen-bond acceptors (Lipinski definition) is 3. The fourth-order valence-corrected chi connectivity index (χ4v) is 2.32. The maximum Gasteiger partial charge on any atom is 0.418 e. The summed E-state index contributed by atoms with van der Waals surface area (Å²) in [6.45, 7) is 4.89. The van der Waals surface area contributed by atoms with Gasteiger partial charge in [-0.2, -0.15) is 13.2 Å². The first kappa shape index (κ1) is 21.3. The summed E-state index contributed by atoms with van der Waals surface area (Å²) in [6.07, 6.45) is -5.41. The zero-order valence-corrected chi connectivity index (χ0v) is 15.7. The summed E-state index contributed by atoms with van der Waals surface area (Å²) in [5, 5.41) is 4.69. The molecule has 2 aromatic carbocycles. The van der Waals surface area contributed by atoms with Gasteiger partial charge in [0.05, 0.1) is 11.3 Å². The maximum atomic E-state index is 13.4. The van der Waals surface area contributed by atoms with E-state index in [1.54, 1.807) is 39.0 Å². The number of carbonyl (C=O) groups excluding carboxylic acids is 2. The molecule has 2 aromatic rings. The first-order valence-electron chi connectivity index (χ1n) is 8.49. The van der Waals surface area contributed by atoms with Crippen LogP contribution in [0, 0.1) is 0 Å². The van der Waals surface area contributed by atoms with Gasteiger partial charge in [-0.3, -0.25) is 4.79 Å². The van der Waals surface area contributed by atoms with Gasteiger partial charge in [0.2, 0.25) is 0 Å². The van der Waals surface area contributed by atoms with Crippen molar-refractivity contribution in [1.82, 2.24) is 5.32 Å². The minimum atomic E-state index is -4.68. The largest absolute Gasteiger partial charge is 0.444 e. The second-order valence-electron chi connectivity index (χ2n) is 7.05. The average molecular weight is 394 g/mol. The van der Waals surface area contributed by atoms with Gasteiger partial charge in [0, 0.05) is 12.1 Å². The van der Waals surface area contributed by atoms with Gasteiger partial charge in [-0.15, -0.1) is 0 Å². The molecule has 0 saturated carbocycles. The predicted octanol–water partition coefficient (Wildman–Crippen LogP) is 4.98. The molecule has 8 heteroatoms. The topological polar surface area (TPSA) is 67.4 Å². The fourth-order valence-electron chi connectivity index (χ4n) is 2.32. The van der Waals surface area contributed by atoms with Gasteiger partial charge in [0.25, 0.3) is 5.91 Å². The number of alkyl carbamates (subject to hydrolysis) is 1. The number of anilines is 1. The number of carbonyl (C=O) groups is 2. The molecule has 0 aliphatic carbocycles. The van der Waals surface area contributed by atoms with Crippen LogP contribution >= 0.6 is 0 Å². The smallest absolute Gasteiger partial charge is 0.418 e. The van der Waals surface area contributed by atoms with Crippen molar-refractivity contribution in [3.8, 4) is 0 Å². The molecule has 0 aromatic heterocycles. The zero-order chi connectivity index (χ0) is 20.9. The number of amides is 2. The van der Waals surface area contributed by atoms with Crippen molar-refractivity contribution in [1.29, 1.82) is 0 Å². The van der Waals surface area contributed by atoms with Crippen LogP contribution in [0.5, 0.6) is 0 Å². The number of alkyl halides is 3. The van der Waals surface area contributed by atoms with E-state index in [0.717, 1.165) is 12.1 Å². The molecule has 5 nitrogen and oxygen atoms in total. The molecular formula is C20H21F3N2O3. The summed E-state index contributed by atoms with van der Waals surface area (Å²) in [7, 11) is 0. The molecule has 0 heterocycles. The van der Waals surface area contributed by atoms with Crippen molar-refractivity contribution in [3.05, 3.63) is 65.2 Å². The molecule has 2 rings (SSSR count). The molecule has 150 valence electrons. The highest BCUT2D eigenvalue weighted by atomic mass is 19.4. The first-order chi connectivity index (χ1) is 13.0. The molecule has 0 atom stereocenters. The van der Waals surface area contributed by atoms with Crippen molar-refractivity contribution in [2.45, 2.75) is 39.1 Å². The van der Waals surface area contributed by atoms with E-state index in [1.165, 1.54) is 18.2 Å². The average Bonchev–Trinajstić information content (AvgIpc) is 2.59. The van der Waals surface area contributed by atoms with Crippen molar-refractivity contribution in [2.75, 3.05) is 5.32 Å². The quantitative estimate of drug-likeness (QED) is 0.768. The standard InChI is InChI=1S/C20H21F3N2O3/c1-19(2,3)28-18(27)24-12-13-9-10-16(15(11-13)20(21,22)23)25-17(26)14-7-5-4-6-8-14/h4-11H,12H2,1-3H3,(H,24,27)(H,25,26). The highest BCUT2D eigenvalue weighted by molar-refractivity contribution is 6.04. The van der Waals surface area contributed by atoms with Crippen molar-refractivity contribution >= 4 is 17.7 Å². The van der Waals surface area contributed by atoms with Crippen LogP contribution in [0.4, 0.5) is 23.7 Å². The van der Waals surface area contributed by atoms with E-state index in [2.05, 4.69) is 10.6 Å². The fraction of sp³-hybridized carbons (Fsp3) is 0.300. The van der Waals surface area contributed by atoms with Gasteiger partial charge < -0.3 is 15.4 Å². The normalized spacial score (nSPS) is 11.6. The molecule has 0 fully saturated rings. The third-order valence-corrected chi connectivity index (χ3v) is 3.51. The van der Waals surface area contributed by atoms with E-state index >= 15 is 0 Å². The molecule has 0 aliphatic heterocycles. The lowest BCUT2D eigenvalue weighted by atomic mass is 10.1. The lowest BCUT2D eigenvalue weighted by Gasteiger charge is -2.20. The van der Waals surface area contributed by atoms with Crippen molar-refractivity contribution in [2.24, 2.45) is 0 Å². The van der Waals surface area contributed by atoms with Crippen LogP contribution in [0.25, 0.3) is 0 Å². The Morgan fingerprint density at radius 1 is 1.00 bits per heavy atom. The zero-order valence-electron chi connectivity index (χ0n) is 15.7.